The molecule has 0 aliphatic carbocycles. The molecule has 0 bridgehead atoms. The molecule has 0 saturated heterocycles. The van der Waals surface area contributed by atoms with Gasteiger partial charge >= 0.3 is 0 Å². The highest BCUT2D eigenvalue weighted by molar-refractivity contribution is 6.31. The summed E-state index contributed by atoms with van der Waals surface area (Å²) in [6, 6.07) is 0. The number of nitrogens with zero attached hydrogens (tertiary/aromatic N) is 1. The van der Waals surface area contributed by atoms with Gasteiger partial charge in [0.15, 0.2) is 0 Å². The van der Waals surface area contributed by atoms with E-state index in [1.165, 1.54) is 0 Å². The highest BCUT2D eigenvalue weighted by Gasteiger charge is 2.04. The van der Waals surface area contributed by atoms with Gasteiger partial charge in [-0.05, 0) is 13.0 Å². The van der Waals surface area contributed by atoms with Gasteiger partial charge in [-0.25, -0.2) is 0 Å². The summed E-state index contributed by atoms with van der Waals surface area (Å²) in [6.07, 6.45) is 3.99. The summed E-state index contributed by atoms with van der Waals surface area (Å²) in [5, 5.41) is 0.851. The molecule has 2 heteroatoms. The van der Waals surface area contributed by atoms with E-state index in [2.05, 4.69) is 11.0 Å². The van der Waals surface area contributed by atoms with Crippen LogP contribution in [0.25, 0.3) is 0 Å². The van der Waals surface area contributed by atoms with E-state index in [9.17, 15) is 0 Å². The molecule has 1 rings (SSSR count). The maximum atomic E-state index is 5.81. The largest absolute Gasteiger partial charge is 0.373 e. The molecule has 0 aromatic rings. The van der Waals surface area contributed by atoms with Crippen LogP contribution in [0, 0.1) is 0 Å². The van der Waals surface area contributed by atoms with Crippen molar-refractivity contribution in [2.45, 2.75) is 6.92 Å². The van der Waals surface area contributed by atoms with Crippen LogP contribution in [0.15, 0.2) is 22.9 Å². The molecule has 0 spiro atoms. The Hall–Kier alpha value is -0.430. The topological polar surface area (TPSA) is 3.24 Å². The Morgan fingerprint density at radius 2 is 2.33 bits per heavy atom. The van der Waals surface area contributed by atoms with Crippen LogP contribution < -0.4 is 0 Å². The first-order valence-electron chi connectivity index (χ1n) is 2.96. The number of likely N-dealkylation sites (N-methyl/N-ethyl adjacent to an activating group) is 1. The molecule has 0 atom stereocenters. The maximum absolute atomic E-state index is 5.81. The van der Waals surface area contributed by atoms with Gasteiger partial charge in [0.2, 0.25) is 0 Å². The lowest BCUT2D eigenvalue weighted by atomic mass is 10.3. The standard InChI is InChI=1S/C7H10ClN/c1-6-7(8)4-3-5-9(6)2/h3-4H,5H2,1-2H3. The molecule has 0 unspecified atom stereocenters. The van der Waals surface area contributed by atoms with Crippen LogP contribution in [0.1, 0.15) is 6.92 Å². The average molecular weight is 144 g/mol. The van der Waals surface area contributed by atoms with Crippen molar-refractivity contribution in [3.8, 4) is 0 Å². The summed E-state index contributed by atoms with van der Waals surface area (Å²) < 4.78 is 0. The van der Waals surface area contributed by atoms with Crippen LogP contribution in [0.5, 0.6) is 0 Å². The Kier molecular flexibility index (Phi) is 1.81. The number of hydrogen-bond acceptors (Lipinski definition) is 1. The molecule has 9 heavy (non-hydrogen) atoms. The molecule has 0 aromatic heterocycles. The molecular formula is C7H10ClN. The summed E-state index contributed by atoms with van der Waals surface area (Å²) in [5.41, 5.74) is 1.15. The Balaban J connectivity index is 2.83. The Labute approximate surface area is 60.6 Å². The predicted octanol–water partition coefficient (Wildman–Crippen LogP) is 1.96. The number of allylic oxidation sites excluding steroid dienone is 3. The minimum Gasteiger partial charge on any atom is -0.373 e. The van der Waals surface area contributed by atoms with Gasteiger partial charge in [0.25, 0.3) is 0 Å². The van der Waals surface area contributed by atoms with Crippen molar-refractivity contribution in [3.05, 3.63) is 22.9 Å². The highest BCUT2D eigenvalue weighted by atomic mass is 35.5. The first-order valence-corrected chi connectivity index (χ1v) is 3.33. The van der Waals surface area contributed by atoms with E-state index in [4.69, 9.17) is 11.6 Å². The van der Waals surface area contributed by atoms with E-state index in [0.717, 1.165) is 17.3 Å². The molecule has 0 radical (unpaired) electrons. The summed E-state index contributed by atoms with van der Waals surface area (Å²) in [5.74, 6) is 0. The third-order valence-electron chi connectivity index (χ3n) is 1.56. The average Bonchev–Trinajstić information content (AvgIpc) is 1.83. The van der Waals surface area contributed by atoms with Crippen molar-refractivity contribution >= 4 is 11.6 Å². The maximum Gasteiger partial charge on any atom is 0.0591 e. The fourth-order valence-corrected chi connectivity index (χ4v) is 0.988. The highest BCUT2D eigenvalue weighted by Crippen LogP contribution is 2.17. The smallest absolute Gasteiger partial charge is 0.0591 e. The molecule has 0 aromatic carbocycles. The van der Waals surface area contributed by atoms with E-state index in [-0.39, 0.29) is 0 Å². The SMILES string of the molecule is CC1=C(Cl)C=CCN1C. The van der Waals surface area contributed by atoms with Gasteiger partial charge in [-0.3, -0.25) is 0 Å². The van der Waals surface area contributed by atoms with Crippen molar-refractivity contribution in [3.63, 3.8) is 0 Å². The molecule has 50 valence electrons. The van der Waals surface area contributed by atoms with Gasteiger partial charge in [0, 0.05) is 19.3 Å². The second kappa shape index (κ2) is 2.44. The summed E-state index contributed by atoms with van der Waals surface area (Å²) in [6.45, 7) is 2.99. The Bertz CT molecular complexity index is 170. The fourth-order valence-electron chi connectivity index (χ4n) is 0.754. The molecular weight excluding hydrogens is 134 g/mol. The van der Waals surface area contributed by atoms with Crippen molar-refractivity contribution < 1.29 is 0 Å². The fraction of sp³-hybridized carbons (Fsp3) is 0.429. The number of halogens is 1. The van der Waals surface area contributed by atoms with Crippen LogP contribution >= 0.6 is 11.6 Å². The van der Waals surface area contributed by atoms with E-state index in [1.54, 1.807) is 0 Å². The van der Waals surface area contributed by atoms with E-state index < -0.39 is 0 Å². The molecule has 1 heterocycles. The molecule has 1 nitrogen and oxygen atoms in total. The van der Waals surface area contributed by atoms with Crippen LogP contribution in [0.2, 0.25) is 0 Å². The minimum absolute atomic E-state index is 0.851. The van der Waals surface area contributed by atoms with Gasteiger partial charge < -0.3 is 4.90 Å². The molecule has 1 aliphatic heterocycles. The zero-order chi connectivity index (χ0) is 6.85. The second-order valence-electron chi connectivity index (χ2n) is 2.22. The van der Waals surface area contributed by atoms with Crippen LogP contribution in [0.4, 0.5) is 0 Å². The van der Waals surface area contributed by atoms with Gasteiger partial charge in [-0.1, -0.05) is 17.7 Å². The molecule has 1 aliphatic rings. The predicted molar refractivity (Wildman–Crippen MR) is 40.3 cm³/mol. The van der Waals surface area contributed by atoms with Crippen molar-refractivity contribution in [2.24, 2.45) is 0 Å². The van der Waals surface area contributed by atoms with Crippen molar-refractivity contribution in [1.82, 2.24) is 4.90 Å². The van der Waals surface area contributed by atoms with E-state index in [1.807, 2.05) is 20.0 Å². The Morgan fingerprint density at radius 3 is 2.78 bits per heavy atom. The lowest BCUT2D eigenvalue weighted by Crippen LogP contribution is -2.18. The van der Waals surface area contributed by atoms with E-state index in [0.29, 0.717) is 0 Å². The lowest BCUT2D eigenvalue weighted by Gasteiger charge is -2.21. The summed E-state index contributed by atoms with van der Waals surface area (Å²) in [7, 11) is 2.03. The van der Waals surface area contributed by atoms with Gasteiger partial charge in [0.1, 0.15) is 0 Å². The monoisotopic (exact) mass is 143 g/mol. The zero-order valence-corrected chi connectivity index (χ0v) is 6.44. The van der Waals surface area contributed by atoms with Crippen LogP contribution in [-0.2, 0) is 0 Å². The van der Waals surface area contributed by atoms with E-state index >= 15 is 0 Å². The Morgan fingerprint density at radius 1 is 1.67 bits per heavy atom. The number of hydrogen-bond donors (Lipinski definition) is 0. The van der Waals surface area contributed by atoms with Crippen molar-refractivity contribution in [1.29, 1.82) is 0 Å². The van der Waals surface area contributed by atoms with Gasteiger partial charge in [-0.2, -0.15) is 0 Å². The summed E-state index contributed by atoms with van der Waals surface area (Å²) >= 11 is 5.81. The molecule has 0 N–H and O–H groups in total. The van der Waals surface area contributed by atoms with Crippen LogP contribution in [0.3, 0.4) is 0 Å². The van der Waals surface area contributed by atoms with Crippen LogP contribution in [-0.4, -0.2) is 18.5 Å². The molecule has 0 amide bonds. The summed E-state index contributed by atoms with van der Waals surface area (Å²) in [4.78, 5) is 2.11. The number of rotatable bonds is 0. The molecule has 0 fully saturated rings. The van der Waals surface area contributed by atoms with Gasteiger partial charge in [-0.15, -0.1) is 0 Å². The lowest BCUT2D eigenvalue weighted by molar-refractivity contribution is 0.459. The third-order valence-corrected chi connectivity index (χ3v) is 1.96. The van der Waals surface area contributed by atoms with Crippen molar-refractivity contribution in [2.75, 3.05) is 13.6 Å². The quantitative estimate of drug-likeness (QED) is 0.501. The first kappa shape index (κ1) is 6.69. The zero-order valence-electron chi connectivity index (χ0n) is 5.69. The first-order chi connectivity index (χ1) is 4.22. The van der Waals surface area contributed by atoms with Gasteiger partial charge in [0.05, 0.1) is 5.03 Å². The minimum atomic E-state index is 0.851. The molecule has 0 saturated carbocycles. The second-order valence-corrected chi connectivity index (χ2v) is 2.62. The normalized spacial score (nSPS) is 19.2. The third kappa shape index (κ3) is 1.28.